The van der Waals surface area contributed by atoms with Crippen LogP contribution in [-0.4, -0.2) is 4.98 Å². The number of anilines is 1. The lowest BCUT2D eigenvalue weighted by atomic mass is 9.87. The Balaban J connectivity index is 1.98. The molecule has 0 aliphatic carbocycles. The van der Waals surface area contributed by atoms with E-state index in [0.29, 0.717) is 12.4 Å². The Morgan fingerprint density at radius 2 is 1.74 bits per heavy atom. The highest BCUT2D eigenvalue weighted by Crippen LogP contribution is 2.24. The smallest absolute Gasteiger partial charge is 0.123 e. The summed E-state index contributed by atoms with van der Waals surface area (Å²) in [4.78, 5) is 4.04. The van der Waals surface area contributed by atoms with E-state index in [1.54, 1.807) is 12.3 Å². The molecule has 0 amide bonds. The number of pyridine rings is 1. The number of nitrogens with two attached hydrogens (primary N) is 1. The molecule has 1 aromatic carbocycles. The number of aromatic nitrogens is 1. The summed E-state index contributed by atoms with van der Waals surface area (Å²) in [5.41, 5.74) is 8.01. The van der Waals surface area contributed by atoms with Gasteiger partial charge < -0.3 is 10.5 Å². The van der Waals surface area contributed by atoms with Crippen molar-refractivity contribution in [3.05, 3.63) is 53.7 Å². The Labute approximate surface area is 114 Å². The molecule has 0 unspecified atom stereocenters. The molecule has 0 saturated heterocycles. The van der Waals surface area contributed by atoms with Gasteiger partial charge >= 0.3 is 0 Å². The van der Waals surface area contributed by atoms with Crippen molar-refractivity contribution in [2.45, 2.75) is 32.8 Å². The van der Waals surface area contributed by atoms with Gasteiger partial charge in [0.05, 0.1) is 0 Å². The standard InChI is InChI=1S/C16H20N2O/c1-16(2,3)13-5-7-14(8-6-13)19-11-12-4-9-15(17)18-10-12/h4-10H,11H2,1-3H3,(H2,17,18). The molecule has 0 fully saturated rings. The average Bonchev–Trinajstić information content (AvgIpc) is 2.37. The molecule has 0 aliphatic rings. The van der Waals surface area contributed by atoms with Gasteiger partial charge in [0.1, 0.15) is 18.2 Å². The van der Waals surface area contributed by atoms with Crippen molar-refractivity contribution in [1.82, 2.24) is 4.98 Å². The molecule has 100 valence electrons. The summed E-state index contributed by atoms with van der Waals surface area (Å²) in [6.07, 6.45) is 1.73. The van der Waals surface area contributed by atoms with E-state index in [4.69, 9.17) is 10.5 Å². The van der Waals surface area contributed by atoms with Gasteiger partial charge in [0, 0.05) is 11.8 Å². The monoisotopic (exact) mass is 256 g/mol. The Morgan fingerprint density at radius 1 is 1.05 bits per heavy atom. The topological polar surface area (TPSA) is 48.1 Å². The first kappa shape index (κ1) is 13.4. The van der Waals surface area contributed by atoms with Gasteiger partial charge in [-0.25, -0.2) is 4.98 Å². The van der Waals surface area contributed by atoms with Crippen LogP contribution in [0.1, 0.15) is 31.9 Å². The first-order valence-electron chi connectivity index (χ1n) is 6.39. The van der Waals surface area contributed by atoms with Crippen LogP contribution >= 0.6 is 0 Å². The van der Waals surface area contributed by atoms with Crippen LogP contribution in [0.15, 0.2) is 42.6 Å². The molecule has 0 radical (unpaired) electrons. The third-order valence-electron chi connectivity index (χ3n) is 2.97. The Morgan fingerprint density at radius 3 is 2.26 bits per heavy atom. The summed E-state index contributed by atoms with van der Waals surface area (Å²) in [6, 6.07) is 11.9. The van der Waals surface area contributed by atoms with Gasteiger partial charge in [-0.2, -0.15) is 0 Å². The predicted octanol–water partition coefficient (Wildman–Crippen LogP) is 3.54. The van der Waals surface area contributed by atoms with E-state index in [0.717, 1.165) is 11.3 Å². The zero-order valence-corrected chi connectivity index (χ0v) is 11.7. The summed E-state index contributed by atoms with van der Waals surface area (Å²) < 4.78 is 5.72. The van der Waals surface area contributed by atoms with E-state index in [2.05, 4.69) is 37.9 Å². The van der Waals surface area contributed by atoms with Gasteiger partial charge in [-0.3, -0.25) is 0 Å². The molecule has 0 spiro atoms. The van der Waals surface area contributed by atoms with Crippen LogP contribution in [0.25, 0.3) is 0 Å². The minimum atomic E-state index is 0.166. The zero-order chi connectivity index (χ0) is 13.9. The van der Waals surface area contributed by atoms with Crippen molar-refractivity contribution in [1.29, 1.82) is 0 Å². The fourth-order valence-corrected chi connectivity index (χ4v) is 1.74. The van der Waals surface area contributed by atoms with Gasteiger partial charge in [-0.05, 0) is 29.2 Å². The molecule has 1 aromatic heterocycles. The highest BCUT2D eigenvalue weighted by atomic mass is 16.5. The van der Waals surface area contributed by atoms with Gasteiger partial charge in [0.25, 0.3) is 0 Å². The normalized spacial score (nSPS) is 11.3. The molecule has 0 aliphatic heterocycles. The maximum atomic E-state index is 5.72. The van der Waals surface area contributed by atoms with Gasteiger partial charge in [-0.1, -0.05) is 39.0 Å². The number of hydrogen-bond acceptors (Lipinski definition) is 3. The largest absolute Gasteiger partial charge is 0.489 e. The van der Waals surface area contributed by atoms with E-state index in [-0.39, 0.29) is 5.41 Å². The number of ether oxygens (including phenoxy) is 1. The highest BCUT2D eigenvalue weighted by molar-refractivity contribution is 5.32. The molecule has 0 saturated carbocycles. The quantitative estimate of drug-likeness (QED) is 0.913. The van der Waals surface area contributed by atoms with Crippen molar-refractivity contribution >= 4 is 5.82 Å². The lowest BCUT2D eigenvalue weighted by molar-refractivity contribution is 0.305. The lowest BCUT2D eigenvalue weighted by Gasteiger charge is -2.19. The fraction of sp³-hybridized carbons (Fsp3) is 0.312. The van der Waals surface area contributed by atoms with Crippen molar-refractivity contribution in [3.8, 4) is 5.75 Å². The highest BCUT2D eigenvalue weighted by Gasteiger charge is 2.12. The lowest BCUT2D eigenvalue weighted by Crippen LogP contribution is -2.10. The van der Waals surface area contributed by atoms with E-state index in [1.165, 1.54) is 5.56 Å². The van der Waals surface area contributed by atoms with Crippen molar-refractivity contribution in [2.24, 2.45) is 0 Å². The first-order chi connectivity index (χ1) is 8.95. The Bertz CT molecular complexity index is 524. The van der Waals surface area contributed by atoms with E-state index >= 15 is 0 Å². The average molecular weight is 256 g/mol. The second-order valence-corrected chi connectivity index (χ2v) is 5.65. The predicted molar refractivity (Wildman–Crippen MR) is 78.1 cm³/mol. The Hall–Kier alpha value is -2.03. The van der Waals surface area contributed by atoms with Crippen LogP contribution in [-0.2, 0) is 12.0 Å². The zero-order valence-electron chi connectivity index (χ0n) is 11.7. The summed E-state index contributed by atoms with van der Waals surface area (Å²) in [6.45, 7) is 7.09. The van der Waals surface area contributed by atoms with Crippen LogP contribution in [0.4, 0.5) is 5.82 Å². The summed E-state index contributed by atoms with van der Waals surface area (Å²) in [5.74, 6) is 1.39. The van der Waals surface area contributed by atoms with E-state index in [9.17, 15) is 0 Å². The van der Waals surface area contributed by atoms with E-state index in [1.807, 2.05) is 18.2 Å². The molecule has 2 rings (SSSR count). The molecule has 2 N–H and O–H groups in total. The molecule has 0 atom stereocenters. The number of rotatable bonds is 3. The minimum Gasteiger partial charge on any atom is -0.489 e. The minimum absolute atomic E-state index is 0.166. The van der Waals surface area contributed by atoms with Gasteiger partial charge in [-0.15, -0.1) is 0 Å². The number of benzene rings is 1. The maximum Gasteiger partial charge on any atom is 0.123 e. The second kappa shape index (κ2) is 5.31. The molecule has 19 heavy (non-hydrogen) atoms. The van der Waals surface area contributed by atoms with Crippen molar-refractivity contribution in [3.63, 3.8) is 0 Å². The maximum absolute atomic E-state index is 5.72. The molecular weight excluding hydrogens is 236 g/mol. The summed E-state index contributed by atoms with van der Waals surface area (Å²) >= 11 is 0. The second-order valence-electron chi connectivity index (χ2n) is 5.65. The SMILES string of the molecule is CC(C)(C)c1ccc(OCc2ccc(N)nc2)cc1. The summed E-state index contributed by atoms with van der Waals surface area (Å²) in [5, 5.41) is 0. The van der Waals surface area contributed by atoms with Crippen LogP contribution in [0, 0.1) is 0 Å². The molecule has 2 aromatic rings. The third-order valence-corrected chi connectivity index (χ3v) is 2.97. The Kier molecular flexibility index (Phi) is 3.74. The van der Waals surface area contributed by atoms with Crippen LogP contribution in [0.3, 0.4) is 0 Å². The number of hydrogen-bond donors (Lipinski definition) is 1. The fourth-order valence-electron chi connectivity index (χ4n) is 1.74. The third kappa shape index (κ3) is 3.71. The van der Waals surface area contributed by atoms with E-state index < -0.39 is 0 Å². The molecule has 1 heterocycles. The van der Waals surface area contributed by atoms with Gasteiger partial charge in [0.2, 0.25) is 0 Å². The molecule has 3 heteroatoms. The van der Waals surface area contributed by atoms with Crippen LogP contribution < -0.4 is 10.5 Å². The molecule has 0 bridgehead atoms. The van der Waals surface area contributed by atoms with Crippen LogP contribution in [0.5, 0.6) is 5.75 Å². The number of nitrogen functional groups attached to an aromatic ring is 1. The first-order valence-corrected chi connectivity index (χ1v) is 6.39. The van der Waals surface area contributed by atoms with Crippen molar-refractivity contribution in [2.75, 3.05) is 5.73 Å². The molecule has 3 nitrogen and oxygen atoms in total. The van der Waals surface area contributed by atoms with Crippen molar-refractivity contribution < 1.29 is 4.74 Å². The van der Waals surface area contributed by atoms with Crippen LogP contribution in [0.2, 0.25) is 0 Å². The molecular formula is C16H20N2O. The van der Waals surface area contributed by atoms with Gasteiger partial charge in [0.15, 0.2) is 0 Å². The summed E-state index contributed by atoms with van der Waals surface area (Å²) in [7, 11) is 0. The number of nitrogens with zero attached hydrogens (tertiary/aromatic N) is 1.